The van der Waals surface area contributed by atoms with Crippen molar-refractivity contribution >= 4 is 0 Å². The fraction of sp³-hybridized carbons (Fsp3) is 0.500. The summed E-state index contributed by atoms with van der Waals surface area (Å²) in [6.45, 7) is 2.29. The molecule has 0 bridgehead atoms. The molecule has 2 rings (SSSR count). The van der Waals surface area contributed by atoms with Gasteiger partial charge in [0.2, 0.25) is 0 Å². The molecule has 1 fully saturated rings. The molecule has 1 saturated carbocycles. The Kier molecular flexibility index (Phi) is 2.12. The number of benzene rings is 1. The normalized spacial score (nSPS) is 31.7. The number of rotatable bonds is 3. The van der Waals surface area contributed by atoms with Crippen molar-refractivity contribution in [3.05, 3.63) is 35.9 Å². The van der Waals surface area contributed by atoms with Crippen LogP contribution in [0.15, 0.2) is 30.3 Å². The van der Waals surface area contributed by atoms with Crippen LogP contribution >= 0.6 is 0 Å². The zero-order valence-electron chi connectivity index (χ0n) is 8.16. The van der Waals surface area contributed by atoms with E-state index in [0.29, 0.717) is 11.5 Å². The molecule has 0 aromatic heterocycles. The van der Waals surface area contributed by atoms with E-state index in [4.69, 9.17) is 5.73 Å². The lowest BCUT2D eigenvalue weighted by atomic mass is 9.98. The zero-order valence-corrected chi connectivity index (χ0v) is 8.16. The van der Waals surface area contributed by atoms with Gasteiger partial charge in [-0.05, 0) is 30.2 Å². The van der Waals surface area contributed by atoms with Gasteiger partial charge in [0.05, 0.1) is 0 Å². The van der Waals surface area contributed by atoms with Crippen molar-refractivity contribution in [3.63, 3.8) is 0 Å². The lowest BCUT2D eigenvalue weighted by Crippen LogP contribution is -2.11. The molecule has 70 valence electrons. The van der Waals surface area contributed by atoms with Crippen LogP contribution in [-0.4, -0.2) is 6.04 Å². The Balaban J connectivity index is 1.87. The summed E-state index contributed by atoms with van der Waals surface area (Å²) in [6, 6.07) is 11.1. The van der Waals surface area contributed by atoms with E-state index < -0.39 is 0 Å². The predicted molar refractivity (Wildman–Crippen MR) is 55.5 cm³/mol. The van der Waals surface area contributed by atoms with Crippen molar-refractivity contribution in [2.24, 2.45) is 11.1 Å². The minimum absolute atomic E-state index is 0.440. The van der Waals surface area contributed by atoms with E-state index in [1.807, 2.05) is 0 Å². The molecule has 0 aliphatic heterocycles. The van der Waals surface area contributed by atoms with Crippen LogP contribution in [0.4, 0.5) is 0 Å². The zero-order chi connectivity index (χ0) is 9.31. The highest BCUT2D eigenvalue weighted by atomic mass is 14.8. The van der Waals surface area contributed by atoms with E-state index in [-0.39, 0.29) is 0 Å². The van der Waals surface area contributed by atoms with Crippen LogP contribution in [0.1, 0.15) is 25.3 Å². The third-order valence-electron chi connectivity index (χ3n) is 3.25. The Morgan fingerprint density at radius 3 is 2.54 bits per heavy atom. The van der Waals surface area contributed by atoms with Gasteiger partial charge in [-0.2, -0.15) is 0 Å². The van der Waals surface area contributed by atoms with Gasteiger partial charge in [-0.1, -0.05) is 37.3 Å². The van der Waals surface area contributed by atoms with Crippen molar-refractivity contribution < 1.29 is 0 Å². The summed E-state index contributed by atoms with van der Waals surface area (Å²) in [5.74, 6) is 0. The fourth-order valence-electron chi connectivity index (χ4n) is 1.81. The minimum atomic E-state index is 0.440. The molecule has 0 heterocycles. The minimum Gasteiger partial charge on any atom is -0.327 e. The first-order chi connectivity index (χ1) is 6.21. The SMILES string of the molecule is CC1(CCc2ccccc2)CC1N. The molecule has 1 nitrogen and oxygen atoms in total. The summed E-state index contributed by atoms with van der Waals surface area (Å²) in [4.78, 5) is 0. The third-order valence-corrected chi connectivity index (χ3v) is 3.25. The van der Waals surface area contributed by atoms with Crippen molar-refractivity contribution in [2.45, 2.75) is 32.2 Å². The Hall–Kier alpha value is -0.820. The molecule has 1 aromatic rings. The van der Waals surface area contributed by atoms with E-state index in [1.165, 1.54) is 24.8 Å². The first kappa shape index (κ1) is 8.76. The van der Waals surface area contributed by atoms with E-state index in [1.54, 1.807) is 0 Å². The Morgan fingerprint density at radius 2 is 2.00 bits per heavy atom. The number of hydrogen-bond acceptors (Lipinski definition) is 1. The second-order valence-electron chi connectivity index (χ2n) is 4.45. The van der Waals surface area contributed by atoms with Crippen LogP contribution in [0, 0.1) is 5.41 Å². The van der Waals surface area contributed by atoms with Crippen LogP contribution in [0.2, 0.25) is 0 Å². The largest absolute Gasteiger partial charge is 0.327 e. The average molecular weight is 175 g/mol. The molecule has 1 heteroatoms. The van der Waals surface area contributed by atoms with Crippen molar-refractivity contribution in [3.8, 4) is 0 Å². The van der Waals surface area contributed by atoms with Gasteiger partial charge in [0.15, 0.2) is 0 Å². The quantitative estimate of drug-likeness (QED) is 0.749. The van der Waals surface area contributed by atoms with Crippen LogP contribution in [0.25, 0.3) is 0 Å². The lowest BCUT2D eigenvalue weighted by molar-refractivity contribution is 0.497. The first-order valence-electron chi connectivity index (χ1n) is 5.00. The monoisotopic (exact) mass is 175 g/mol. The van der Waals surface area contributed by atoms with Gasteiger partial charge in [0.25, 0.3) is 0 Å². The van der Waals surface area contributed by atoms with Crippen molar-refractivity contribution in [2.75, 3.05) is 0 Å². The van der Waals surface area contributed by atoms with Gasteiger partial charge in [-0.15, -0.1) is 0 Å². The maximum absolute atomic E-state index is 5.86. The van der Waals surface area contributed by atoms with Crippen LogP contribution < -0.4 is 5.73 Å². The topological polar surface area (TPSA) is 26.0 Å². The van der Waals surface area contributed by atoms with Gasteiger partial charge in [0, 0.05) is 6.04 Å². The molecule has 1 aliphatic rings. The molecule has 0 saturated heterocycles. The highest BCUT2D eigenvalue weighted by Crippen LogP contribution is 2.47. The highest BCUT2D eigenvalue weighted by molar-refractivity contribution is 5.16. The molecule has 2 unspecified atom stereocenters. The molecule has 1 aromatic carbocycles. The number of aryl methyl sites for hydroxylation is 1. The summed E-state index contributed by atoms with van der Waals surface area (Å²) >= 11 is 0. The number of nitrogens with two attached hydrogens (primary N) is 1. The molecule has 0 spiro atoms. The van der Waals surface area contributed by atoms with Gasteiger partial charge in [-0.3, -0.25) is 0 Å². The van der Waals surface area contributed by atoms with Crippen LogP contribution in [0.5, 0.6) is 0 Å². The summed E-state index contributed by atoms with van der Waals surface area (Å²) in [6.07, 6.45) is 3.61. The Morgan fingerprint density at radius 1 is 1.38 bits per heavy atom. The molecular formula is C12H17N. The van der Waals surface area contributed by atoms with Gasteiger partial charge >= 0.3 is 0 Å². The lowest BCUT2D eigenvalue weighted by Gasteiger charge is -2.08. The van der Waals surface area contributed by atoms with Gasteiger partial charge < -0.3 is 5.73 Å². The molecule has 2 N–H and O–H groups in total. The van der Waals surface area contributed by atoms with Gasteiger partial charge in [-0.25, -0.2) is 0 Å². The molecule has 1 aliphatic carbocycles. The summed E-state index contributed by atoms with van der Waals surface area (Å²) in [5, 5.41) is 0. The van der Waals surface area contributed by atoms with Crippen LogP contribution in [0.3, 0.4) is 0 Å². The van der Waals surface area contributed by atoms with Crippen LogP contribution in [-0.2, 0) is 6.42 Å². The van der Waals surface area contributed by atoms with Crippen molar-refractivity contribution in [1.82, 2.24) is 0 Å². The maximum Gasteiger partial charge on any atom is 0.00993 e. The first-order valence-corrected chi connectivity index (χ1v) is 5.00. The smallest absolute Gasteiger partial charge is 0.00993 e. The molecular weight excluding hydrogens is 158 g/mol. The standard InChI is InChI=1S/C12H17N/c1-12(9-11(12)13)8-7-10-5-3-2-4-6-10/h2-6,11H,7-9,13H2,1H3. The van der Waals surface area contributed by atoms with E-state index in [9.17, 15) is 0 Å². The number of hydrogen-bond donors (Lipinski definition) is 1. The Labute approximate surface area is 80.0 Å². The van der Waals surface area contributed by atoms with E-state index in [0.717, 1.165) is 0 Å². The second-order valence-corrected chi connectivity index (χ2v) is 4.45. The third kappa shape index (κ3) is 1.92. The van der Waals surface area contributed by atoms with E-state index in [2.05, 4.69) is 37.3 Å². The van der Waals surface area contributed by atoms with E-state index >= 15 is 0 Å². The molecule has 0 radical (unpaired) electrons. The molecule has 13 heavy (non-hydrogen) atoms. The average Bonchev–Trinajstić information content (AvgIpc) is 2.74. The maximum atomic E-state index is 5.86. The van der Waals surface area contributed by atoms with Crippen molar-refractivity contribution in [1.29, 1.82) is 0 Å². The fourth-order valence-corrected chi connectivity index (χ4v) is 1.81. The summed E-state index contributed by atoms with van der Waals surface area (Å²) in [7, 11) is 0. The predicted octanol–water partition coefficient (Wildman–Crippen LogP) is 2.36. The summed E-state index contributed by atoms with van der Waals surface area (Å²) < 4.78 is 0. The molecule has 0 amide bonds. The van der Waals surface area contributed by atoms with Gasteiger partial charge in [0.1, 0.15) is 0 Å². The highest BCUT2D eigenvalue weighted by Gasteiger charge is 2.46. The molecule has 2 atom stereocenters. The summed E-state index contributed by atoms with van der Waals surface area (Å²) in [5.41, 5.74) is 7.74. The second kappa shape index (κ2) is 3.15. The Bertz CT molecular complexity index is 280.